The van der Waals surface area contributed by atoms with Crippen molar-refractivity contribution in [3.8, 4) is 0 Å². The summed E-state index contributed by atoms with van der Waals surface area (Å²) < 4.78 is 5.20. The number of hydrogen-bond donors (Lipinski definition) is 0. The average molecular weight is 367 g/mol. The summed E-state index contributed by atoms with van der Waals surface area (Å²) >= 11 is 0. The largest absolute Gasteiger partial charge is 0.473 e. The number of allylic oxidation sites excluding steroid dienone is 12. The van der Waals surface area contributed by atoms with Crippen LogP contribution in [0.15, 0.2) is 98.6 Å². The van der Waals surface area contributed by atoms with Crippen molar-refractivity contribution < 1.29 is 14.3 Å². The third-order valence-electron chi connectivity index (χ3n) is 3.55. The summed E-state index contributed by atoms with van der Waals surface area (Å²) in [4.78, 5) is 22.7. The lowest BCUT2D eigenvalue weighted by atomic mass is 10.0. The molecule has 0 rings (SSSR count). The Labute approximate surface area is 163 Å². The molecule has 27 heavy (non-hydrogen) atoms. The molecular formula is C24H30O3. The molecule has 2 unspecified atom stereocenters. The maximum atomic E-state index is 11.4. The van der Waals surface area contributed by atoms with E-state index in [9.17, 15) is 9.59 Å². The fourth-order valence-corrected chi connectivity index (χ4v) is 2.00. The van der Waals surface area contributed by atoms with E-state index in [4.69, 9.17) is 4.74 Å². The van der Waals surface area contributed by atoms with E-state index in [1.807, 2.05) is 48.6 Å². The number of ketones is 2. The summed E-state index contributed by atoms with van der Waals surface area (Å²) in [6.07, 6.45) is 26.1. The third-order valence-corrected chi connectivity index (χ3v) is 3.55. The molecule has 0 radical (unpaired) electrons. The summed E-state index contributed by atoms with van der Waals surface area (Å²) in [5.74, 6) is 0.0326. The minimum absolute atomic E-state index is 0.112. The van der Waals surface area contributed by atoms with E-state index in [2.05, 4.69) is 13.2 Å². The molecule has 0 aromatic rings. The molecule has 0 aromatic heterocycles. The van der Waals surface area contributed by atoms with E-state index in [1.165, 1.54) is 0 Å². The molecule has 0 saturated heterocycles. The minimum Gasteiger partial charge on any atom is -0.473 e. The van der Waals surface area contributed by atoms with Gasteiger partial charge in [-0.2, -0.15) is 0 Å². The lowest BCUT2D eigenvalue weighted by Gasteiger charge is -2.03. The topological polar surface area (TPSA) is 43.4 Å². The molecule has 0 aliphatic heterocycles. The van der Waals surface area contributed by atoms with Crippen LogP contribution in [-0.2, 0) is 14.3 Å². The summed E-state index contributed by atoms with van der Waals surface area (Å²) in [6.45, 7) is 10.5. The van der Waals surface area contributed by atoms with Crippen LogP contribution in [0.2, 0.25) is 0 Å². The van der Waals surface area contributed by atoms with E-state index in [1.54, 1.807) is 50.7 Å². The van der Waals surface area contributed by atoms with Gasteiger partial charge in [0.05, 0.1) is 12.5 Å². The van der Waals surface area contributed by atoms with Gasteiger partial charge in [-0.05, 0) is 38.8 Å². The van der Waals surface area contributed by atoms with E-state index in [-0.39, 0.29) is 23.4 Å². The Morgan fingerprint density at radius 2 is 1.07 bits per heavy atom. The summed E-state index contributed by atoms with van der Waals surface area (Å²) in [5, 5.41) is 0. The Hall–Kier alpha value is -2.94. The third kappa shape index (κ3) is 14.0. The molecule has 0 N–H and O–H groups in total. The Morgan fingerprint density at radius 3 is 1.41 bits per heavy atom. The average Bonchev–Trinajstić information content (AvgIpc) is 2.63. The zero-order valence-corrected chi connectivity index (χ0v) is 16.3. The van der Waals surface area contributed by atoms with Crippen LogP contribution in [0.5, 0.6) is 0 Å². The number of ether oxygens (including phenoxy) is 1. The SMILES string of the molecule is C=CCC(C=CC=CC=COC=CC=CC=CC(CC=C)C(C)=O)C(C)=O. The molecule has 0 aromatic carbocycles. The second-order valence-electron chi connectivity index (χ2n) is 5.82. The lowest BCUT2D eigenvalue weighted by Crippen LogP contribution is -2.05. The summed E-state index contributed by atoms with van der Waals surface area (Å²) in [6, 6.07) is 0. The van der Waals surface area contributed by atoms with Gasteiger partial charge in [0.15, 0.2) is 0 Å². The molecule has 0 bridgehead atoms. The molecule has 3 nitrogen and oxygen atoms in total. The molecular weight excluding hydrogens is 336 g/mol. The van der Waals surface area contributed by atoms with E-state index in [0.717, 1.165) is 0 Å². The lowest BCUT2D eigenvalue weighted by molar-refractivity contribution is -0.120. The summed E-state index contributed by atoms with van der Waals surface area (Å²) in [5.41, 5.74) is 0. The predicted octanol–water partition coefficient (Wildman–Crippen LogP) is 5.82. The van der Waals surface area contributed by atoms with Gasteiger partial charge in [-0.1, -0.05) is 60.8 Å². The fraction of sp³-hybridized carbons (Fsp3) is 0.250. The standard InChI is InChI=1S/C24H30O3/c1-5-15-23(21(3)25)17-11-7-9-13-19-27-20-14-10-8-12-18-24(16-6-2)22(4)26/h5-14,17-20,23-24H,1-2,15-16H2,3-4H3. The zero-order valence-electron chi connectivity index (χ0n) is 16.3. The van der Waals surface area contributed by atoms with Gasteiger partial charge in [0.1, 0.15) is 11.6 Å². The van der Waals surface area contributed by atoms with Crippen LogP contribution < -0.4 is 0 Å². The molecule has 0 saturated carbocycles. The van der Waals surface area contributed by atoms with Gasteiger partial charge >= 0.3 is 0 Å². The molecule has 2 atom stereocenters. The second kappa shape index (κ2) is 16.5. The maximum absolute atomic E-state index is 11.4. The highest BCUT2D eigenvalue weighted by Gasteiger charge is 2.07. The highest BCUT2D eigenvalue weighted by Crippen LogP contribution is 2.08. The van der Waals surface area contributed by atoms with Gasteiger partial charge in [0, 0.05) is 11.8 Å². The van der Waals surface area contributed by atoms with Crippen molar-refractivity contribution in [3.05, 3.63) is 98.6 Å². The Balaban J connectivity index is 4.17. The predicted molar refractivity (Wildman–Crippen MR) is 114 cm³/mol. The van der Waals surface area contributed by atoms with E-state index in [0.29, 0.717) is 12.8 Å². The minimum atomic E-state index is -0.112. The first-order valence-corrected chi connectivity index (χ1v) is 8.91. The molecule has 144 valence electrons. The van der Waals surface area contributed by atoms with Crippen molar-refractivity contribution in [1.82, 2.24) is 0 Å². The van der Waals surface area contributed by atoms with Gasteiger partial charge in [-0.3, -0.25) is 9.59 Å². The van der Waals surface area contributed by atoms with Gasteiger partial charge in [0.25, 0.3) is 0 Å². The molecule has 0 fully saturated rings. The van der Waals surface area contributed by atoms with Crippen molar-refractivity contribution in [3.63, 3.8) is 0 Å². The van der Waals surface area contributed by atoms with Crippen molar-refractivity contribution >= 4 is 11.6 Å². The second-order valence-corrected chi connectivity index (χ2v) is 5.82. The molecule has 0 spiro atoms. The van der Waals surface area contributed by atoms with E-state index < -0.39 is 0 Å². The first kappa shape index (κ1) is 24.1. The van der Waals surface area contributed by atoms with Crippen LogP contribution in [0.3, 0.4) is 0 Å². The highest BCUT2D eigenvalue weighted by atomic mass is 16.5. The van der Waals surface area contributed by atoms with Crippen LogP contribution in [-0.4, -0.2) is 11.6 Å². The molecule has 0 aliphatic rings. The first-order chi connectivity index (χ1) is 13.0. The smallest absolute Gasteiger partial charge is 0.136 e. The Morgan fingerprint density at radius 1 is 0.704 bits per heavy atom. The molecule has 0 aliphatic carbocycles. The normalized spacial score (nSPS) is 14.7. The molecule has 0 amide bonds. The molecule has 3 heteroatoms. The Kier molecular flexibility index (Phi) is 14.7. The number of rotatable bonds is 14. The van der Waals surface area contributed by atoms with Gasteiger partial charge in [-0.15, -0.1) is 13.2 Å². The summed E-state index contributed by atoms with van der Waals surface area (Å²) in [7, 11) is 0. The Bertz CT molecular complexity index is 587. The van der Waals surface area contributed by atoms with Crippen LogP contribution in [0.25, 0.3) is 0 Å². The zero-order chi connectivity index (χ0) is 20.3. The number of Topliss-reactive ketones (excluding diaryl/α,β-unsaturated/α-hetero) is 2. The highest BCUT2D eigenvalue weighted by molar-refractivity contribution is 5.80. The monoisotopic (exact) mass is 366 g/mol. The number of hydrogen-bond acceptors (Lipinski definition) is 3. The maximum Gasteiger partial charge on any atom is 0.136 e. The van der Waals surface area contributed by atoms with E-state index >= 15 is 0 Å². The number of carbonyl (C=O) groups is 2. The van der Waals surface area contributed by atoms with Crippen molar-refractivity contribution in [2.75, 3.05) is 0 Å². The van der Waals surface area contributed by atoms with Crippen LogP contribution in [0.4, 0.5) is 0 Å². The van der Waals surface area contributed by atoms with Gasteiger partial charge < -0.3 is 4.74 Å². The number of carbonyl (C=O) groups excluding carboxylic acids is 2. The van der Waals surface area contributed by atoms with Crippen LogP contribution in [0.1, 0.15) is 26.7 Å². The van der Waals surface area contributed by atoms with Crippen LogP contribution in [0, 0.1) is 11.8 Å². The fourth-order valence-electron chi connectivity index (χ4n) is 2.00. The quantitative estimate of drug-likeness (QED) is 0.221. The van der Waals surface area contributed by atoms with Gasteiger partial charge in [-0.25, -0.2) is 0 Å². The molecule has 0 heterocycles. The van der Waals surface area contributed by atoms with Crippen molar-refractivity contribution in [2.24, 2.45) is 11.8 Å². The first-order valence-electron chi connectivity index (χ1n) is 8.91. The van der Waals surface area contributed by atoms with Crippen LogP contribution >= 0.6 is 0 Å². The van der Waals surface area contributed by atoms with Gasteiger partial charge in [0.2, 0.25) is 0 Å². The van der Waals surface area contributed by atoms with Crippen molar-refractivity contribution in [1.29, 1.82) is 0 Å². The van der Waals surface area contributed by atoms with Crippen molar-refractivity contribution in [2.45, 2.75) is 26.7 Å².